The van der Waals surface area contributed by atoms with Crippen LogP contribution in [0.25, 0.3) is 112 Å². The van der Waals surface area contributed by atoms with Crippen LogP contribution in [-0.2, 0) is 0 Å². The molecule has 12 aromatic heterocycles. The Morgan fingerprint density at radius 2 is 0.564 bits per heavy atom. The van der Waals surface area contributed by atoms with Gasteiger partial charge in [-0.15, -0.1) is 0 Å². The third-order valence-corrected chi connectivity index (χ3v) is 30.9. The maximum absolute atomic E-state index is 13.9. The third kappa shape index (κ3) is 18.4. The average molecular weight is 1880 g/mol. The lowest BCUT2D eigenvalue weighted by Gasteiger charge is -2.36. The number of imidazole rings is 3. The number of aryl methyl sites for hydroxylation is 4. The molecule has 712 valence electrons. The van der Waals surface area contributed by atoms with E-state index in [1.54, 1.807) is 106 Å². The number of carbonyl (C=O) groups is 4. The van der Waals surface area contributed by atoms with E-state index in [0.717, 1.165) is 146 Å². The van der Waals surface area contributed by atoms with Crippen LogP contribution in [0.1, 0.15) is 167 Å². The Hall–Kier alpha value is -14.3. The van der Waals surface area contributed by atoms with Gasteiger partial charge in [0, 0.05) is 183 Å². The molecule has 8 fully saturated rings. The molecule has 20 heterocycles. The Morgan fingerprint density at radius 1 is 0.300 bits per heavy atom. The average Bonchev–Trinajstić information content (AvgIpc) is 1.27. The number of aromatic nitrogens is 12. The van der Waals surface area contributed by atoms with Gasteiger partial charge in [0.25, 0.3) is 23.6 Å². The fourth-order valence-electron chi connectivity index (χ4n) is 23.0. The number of hydrogen-bond donors (Lipinski definition) is 4. The zero-order valence-corrected chi connectivity index (χ0v) is 79.6. The van der Waals surface area contributed by atoms with Gasteiger partial charge in [0.1, 0.15) is 57.3 Å². The lowest BCUT2D eigenvalue weighted by atomic mass is 9.97. The summed E-state index contributed by atoms with van der Waals surface area (Å²) in [6, 6.07) is 56.5. The Balaban J connectivity index is 0.000000111. The highest BCUT2D eigenvalue weighted by atomic mass is 19.1. The number of pyridine rings is 8. The molecule has 24 nitrogen and oxygen atoms in total. The smallest absolute Gasteiger partial charge is 0.270 e. The molecular weight excluding hydrogens is 1770 g/mol. The van der Waals surface area contributed by atoms with Gasteiger partial charge in [0.05, 0.1) is 58.6 Å². The fraction of sp³-hybridized carbons (Fsp3) is 0.321. The van der Waals surface area contributed by atoms with Crippen molar-refractivity contribution in [3.05, 3.63) is 312 Å². The first-order chi connectivity index (χ1) is 67.9. The molecule has 0 radical (unpaired) electrons. The molecule has 4 amide bonds. The molecule has 28 heteroatoms. The molecule has 16 aromatic rings. The van der Waals surface area contributed by atoms with E-state index in [2.05, 4.69) is 109 Å². The first-order valence-electron chi connectivity index (χ1n) is 48.8. The van der Waals surface area contributed by atoms with Gasteiger partial charge in [0.15, 0.2) is 0 Å². The molecule has 4 N–H and O–H groups in total. The zero-order chi connectivity index (χ0) is 96.4. The van der Waals surface area contributed by atoms with Crippen molar-refractivity contribution in [2.45, 2.75) is 203 Å². The summed E-state index contributed by atoms with van der Waals surface area (Å²) < 4.78 is 62.7. The van der Waals surface area contributed by atoms with E-state index in [1.807, 2.05) is 159 Å². The highest BCUT2D eigenvalue weighted by molar-refractivity contribution is 6.02. The van der Waals surface area contributed by atoms with Crippen LogP contribution in [0.5, 0.6) is 0 Å². The van der Waals surface area contributed by atoms with Crippen molar-refractivity contribution >= 4 is 46.1 Å². The Bertz CT molecular complexity index is 6530. The third-order valence-electron chi connectivity index (χ3n) is 30.9. The van der Waals surface area contributed by atoms with E-state index in [9.17, 15) is 36.7 Å². The lowest BCUT2D eigenvalue weighted by Crippen LogP contribution is -2.48. The minimum Gasteiger partial charge on any atom is -0.349 e. The van der Waals surface area contributed by atoms with Crippen LogP contribution in [0.15, 0.2) is 244 Å². The Morgan fingerprint density at radius 3 is 0.843 bits per heavy atom. The van der Waals surface area contributed by atoms with Crippen molar-refractivity contribution in [2.24, 2.45) is 0 Å². The highest BCUT2D eigenvalue weighted by Crippen LogP contribution is 2.43. The number of nitrogens with zero attached hydrogens (tertiary/aromatic N) is 16. The molecule has 8 aliphatic rings. The van der Waals surface area contributed by atoms with E-state index in [1.165, 1.54) is 75.6 Å². The first kappa shape index (κ1) is 92.1. The largest absolute Gasteiger partial charge is 0.349 e. The lowest BCUT2D eigenvalue weighted by molar-refractivity contribution is 0.0868. The number of halogens is 4. The van der Waals surface area contributed by atoms with Crippen molar-refractivity contribution < 1.29 is 36.7 Å². The quantitative estimate of drug-likeness (QED) is 0.0656. The van der Waals surface area contributed by atoms with Crippen molar-refractivity contribution in [3.63, 3.8) is 0 Å². The molecule has 8 bridgehead atoms. The number of rotatable bonds is 16. The first-order valence-corrected chi connectivity index (χ1v) is 48.8. The predicted octanol–water partition coefficient (Wildman–Crippen LogP) is 19.5. The summed E-state index contributed by atoms with van der Waals surface area (Å²) in [5.74, 6) is -1.30. The van der Waals surface area contributed by atoms with Gasteiger partial charge in [0.2, 0.25) is 0 Å². The SMILES string of the molecule is Cc1cc(-c2ncccc2-c2ccc3ncc(C(=O)NC4CC5CCC(C4)N5C)n3c2)ccc1F.Cc1cc(-c2ncccc2-c2ccc3ncc(C(=O)NC4CC5CCC(C4)N5C)n3c2)ccc1F.Cc1cc(-c2ncccc2-c2ccc3ncc(C(=O)NC4CC5CCC(C4)N5C)n3c2)ccc1F.Cc1cc(-c2ncccc2-c2ccn3ncc(C(=O)NC4CC5CCC(C4)N5C)c3c2)ccc1F. The molecule has 0 spiro atoms. The van der Waals surface area contributed by atoms with Gasteiger partial charge in [-0.3, -0.25) is 52.3 Å². The summed E-state index contributed by atoms with van der Waals surface area (Å²) in [5.41, 5.74) is 21.1. The second-order valence-corrected chi connectivity index (χ2v) is 39.4. The van der Waals surface area contributed by atoms with Crippen LogP contribution in [0.4, 0.5) is 17.6 Å². The number of amides is 4. The van der Waals surface area contributed by atoms with Gasteiger partial charge < -0.3 is 40.9 Å². The maximum Gasteiger partial charge on any atom is 0.270 e. The Labute approximate surface area is 809 Å². The molecule has 140 heavy (non-hydrogen) atoms. The van der Waals surface area contributed by atoms with E-state index in [-0.39, 0.29) is 71.1 Å². The summed E-state index contributed by atoms with van der Waals surface area (Å²) in [6.45, 7) is 7.00. The number of hydrogen-bond acceptors (Lipinski definition) is 16. The number of piperidine rings is 4. The van der Waals surface area contributed by atoms with Crippen molar-refractivity contribution in [3.8, 4) is 89.5 Å². The maximum atomic E-state index is 13.9. The van der Waals surface area contributed by atoms with E-state index < -0.39 is 0 Å². The van der Waals surface area contributed by atoms with Gasteiger partial charge in [-0.1, -0.05) is 24.3 Å². The van der Waals surface area contributed by atoms with Gasteiger partial charge in [-0.2, -0.15) is 5.10 Å². The van der Waals surface area contributed by atoms with Crippen molar-refractivity contribution in [1.29, 1.82) is 0 Å². The van der Waals surface area contributed by atoms with Crippen molar-refractivity contribution in [1.82, 2.24) is 98.6 Å². The number of benzene rings is 4. The minimum absolute atomic E-state index is 0.0772. The number of carbonyl (C=O) groups excluding carboxylic acids is 4. The van der Waals surface area contributed by atoms with E-state index in [4.69, 9.17) is 0 Å². The molecule has 4 aromatic carbocycles. The van der Waals surface area contributed by atoms with Crippen LogP contribution in [0.2, 0.25) is 0 Å². The van der Waals surface area contributed by atoms with Gasteiger partial charge in [-0.25, -0.2) is 37.0 Å². The summed E-state index contributed by atoms with van der Waals surface area (Å²) in [6.07, 6.45) is 38.9. The van der Waals surface area contributed by atoms with E-state index >= 15 is 0 Å². The second-order valence-electron chi connectivity index (χ2n) is 39.4. The van der Waals surface area contributed by atoms with Gasteiger partial charge in [-0.05, 0) is 332 Å². The fourth-order valence-corrected chi connectivity index (χ4v) is 23.0. The number of fused-ring (bicyclic) bond motifs is 12. The summed E-state index contributed by atoms with van der Waals surface area (Å²) in [5, 5.41) is 17.5. The summed E-state index contributed by atoms with van der Waals surface area (Å²) in [7, 11) is 8.80. The highest BCUT2D eigenvalue weighted by Gasteiger charge is 2.44. The van der Waals surface area contributed by atoms with Crippen molar-refractivity contribution in [2.75, 3.05) is 28.2 Å². The minimum atomic E-state index is -0.237. The molecule has 8 unspecified atom stereocenters. The van der Waals surface area contributed by atoms with Gasteiger partial charge >= 0.3 is 0 Å². The zero-order valence-electron chi connectivity index (χ0n) is 79.6. The second kappa shape index (κ2) is 38.8. The molecule has 24 rings (SSSR count). The molecule has 8 saturated heterocycles. The summed E-state index contributed by atoms with van der Waals surface area (Å²) in [4.78, 5) is 94.7. The van der Waals surface area contributed by atoms with Crippen LogP contribution in [0.3, 0.4) is 0 Å². The molecular formula is C112H112F4N20O4. The van der Waals surface area contributed by atoms with Crippen LogP contribution in [-0.4, -0.2) is 202 Å². The summed E-state index contributed by atoms with van der Waals surface area (Å²) >= 11 is 0. The topological polar surface area (TPSA) is 250 Å². The number of nitrogens with one attached hydrogen (secondary N) is 4. The van der Waals surface area contributed by atoms with Crippen LogP contribution < -0.4 is 21.3 Å². The predicted molar refractivity (Wildman–Crippen MR) is 534 cm³/mol. The Kier molecular flexibility index (Phi) is 25.5. The molecule has 0 saturated carbocycles. The standard InChI is InChI=1S/4C28H28FN5O/c3*1-17-12-18(5-9-24(17)29)27-23(4-3-11-30-27)19-6-10-26-31-15-25(34(26)16-19)28(35)32-20-13-21-7-8-22(14-20)33(21)2;1-17-12-19(5-8-25(17)29)27-23(4-3-10-30-27)18-9-11-34-26(13-18)24(16-31-34)28(35)32-20-14-21-6-7-22(15-20)33(21)2/h3*3-6,9-12,15-16,20-22H,7-8,13-14H2,1-2H3,(H,32,35);3-5,8-13,16,20-22H,6-7,14-15H2,1-2H3,(H,32,35). The van der Waals surface area contributed by atoms with Crippen LogP contribution >= 0.6 is 0 Å². The van der Waals surface area contributed by atoms with Crippen LogP contribution in [0, 0.1) is 51.0 Å². The molecule has 0 aliphatic carbocycles. The monoisotopic (exact) mass is 1880 g/mol. The van der Waals surface area contributed by atoms with E-state index in [0.29, 0.717) is 110 Å². The molecule has 8 aliphatic heterocycles. The normalized spacial score (nSPS) is 22.0. The molecule has 8 atom stereocenters.